The van der Waals surface area contributed by atoms with E-state index in [0.29, 0.717) is 36.3 Å². The third-order valence-corrected chi connectivity index (χ3v) is 5.35. The molecule has 0 aromatic heterocycles. The van der Waals surface area contributed by atoms with E-state index in [1.54, 1.807) is 0 Å². The zero-order valence-electron chi connectivity index (χ0n) is 12.2. The summed E-state index contributed by atoms with van der Waals surface area (Å²) in [5, 5.41) is 0. The van der Waals surface area contributed by atoms with Crippen LogP contribution in [-0.4, -0.2) is 50.8 Å². The number of fused-ring (bicyclic) bond motifs is 1. The van der Waals surface area contributed by atoms with Crippen LogP contribution >= 0.6 is 0 Å². The van der Waals surface area contributed by atoms with Gasteiger partial charge < -0.3 is 18.9 Å². The van der Waals surface area contributed by atoms with Crippen molar-refractivity contribution in [3.63, 3.8) is 0 Å². The molecular weight excluding hydrogens is 256 g/mol. The molecule has 2 heterocycles. The Hall–Kier alpha value is -0.160. The quantitative estimate of drug-likeness (QED) is 0.700. The lowest BCUT2D eigenvalue weighted by Gasteiger charge is -2.45. The minimum atomic E-state index is 0.387. The molecule has 6 unspecified atom stereocenters. The second-order valence-electron chi connectivity index (χ2n) is 6.84. The molecule has 4 nitrogen and oxygen atoms in total. The molecule has 6 atom stereocenters. The van der Waals surface area contributed by atoms with Crippen LogP contribution in [0.4, 0.5) is 0 Å². The minimum absolute atomic E-state index is 0.387. The Labute approximate surface area is 121 Å². The number of ether oxygens (including phenoxy) is 4. The molecule has 0 aromatic rings. The Morgan fingerprint density at radius 2 is 1.15 bits per heavy atom. The molecule has 114 valence electrons. The van der Waals surface area contributed by atoms with Gasteiger partial charge in [-0.25, -0.2) is 0 Å². The van der Waals surface area contributed by atoms with E-state index < -0.39 is 0 Å². The molecule has 0 spiro atoms. The average Bonchev–Trinajstić information content (AvgIpc) is 3.37. The highest BCUT2D eigenvalue weighted by molar-refractivity contribution is 4.91. The first-order chi connectivity index (χ1) is 9.90. The van der Waals surface area contributed by atoms with Crippen LogP contribution in [0.2, 0.25) is 0 Å². The first-order valence-corrected chi connectivity index (χ1v) is 8.36. The van der Waals surface area contributed by atoms with Crippen LogP contribution in [0, 0.1) is 11.8 Å². The molecule has 4 fully saturated rings. The lowest BCUT2D eigenvalue weighted by atomic mass is 9.68. The van der Waals surface area contributed by atoms with E-state index in [2.05, 4.69) is 0 Å². The van der Waals surface area contributed by atoms with E-state index in [9.17, 15) is 0 Å². The maximum Gasteiger partial charge on any atom is 0.104 e. The first kappa shape index (κ1) is 13.5. The summed E-state index contributed by atoms with van der Waals surface area (Å²) in [5.41, 5.74) is 0. The molecule has 2 saturated heterocycles. The van der Waals surface area contributed by atoms with E-state index in [0.717, 1.165) is 26.4 Å². The molecule has 20 heavy (non-hydrogen) atoms. The Kier molecular flexibility index (Phi) is 3.99. The monoisotopic (exact) mass is 282 g/mol. The molecule has 0 bridgehead atoms. The van der Waals surface area contributed by atoms with E-state index in [1.165, 1.54) is 38.5 Å². The summed E-state index contributed by atoms with van der Waals surface area (Å²) >= 11 is 0. The fourth-order valence-electron chi connectivity index (χ4n) is 4.09. The van der Waals surface area contributed by atoms with Gasteiger partial charge in [-0.05, 0) is 37.5 Å². The summed E-state index contributed by atoms with van der Waals surface area (Å²) in [6, 6.07) is 0. The van der Waals surface area contributed by atoms with Crippen LogP contribution in [0.15, 0.2) is 0 Å². The average molecular weight is 282 g/mol. The van der Waals surface area contributed by atoms with Crippen LogP contribution in [0.1, 0.15) is 38.5 Å². The lowest BCUT2D eigenvalue weighted by molar-refractivity contribution is -0.108. The van der Waals surface area contributed by atoms with Crippen LogP contribution < -0.4 is 0 Å². The van der Waals surface area contributed by atoms with Crippen LogP contribution in [0.25, 0.3) is 0 Å². The van der Waals surface area contributed by atoms with E-state index >= 15 is 0 Å². The van der Waals surface area contributed by atoms with Crippen LogP contribution in [0.3, 0.4) is 0 Å². The Morgan fingerprint density at radius 3 is 1.55 bits per heavy atom. The van der Waals surface area contributed by atoms with Crippen molar-refractivity contribution in [3.05, 3.63) is 0 Å². The summed E-state index contributed by atoms with van der Waals surface area (Å²) in [6.07, 6.45) is 9.34. The van der Waals surface area contributed by atoms with Crippen molar-refractivity contribution in [1.29, 1.82) is 0 Å². The molecule has 0 amide bonds. The van der Waals surface area contributed by atoms with Crippen molar-refractivity contribution in [2.45, 2.75) is 62.9 Å². The van der Waals surface area contributed by atoms with Crippen LogP contribution in [-0.2, 0) is 18.9 Å². The molecule has 0 aromatic carbocycles. The number of epoxide rings is 2. The third-order valence-electron chi connectivity index (χ3n) is 5.35. The number of rotatable bonds is 6. The number of hydrogen-bond donors (Lipinski definition) is 0. The fourth-order valence-corrected chi connectivity index (χ4v) is 4.09. The topological polar surface area (TPSA) is 43.5 Å². The maximum absolute atomic E-state index is 6.16. The Bertz CT molecular complexity index is 294. The molecule has 2 aliphatic carbocycles. The van der Waals surface area contributed by atoms with Gasteiger partial charge in [-0.2, -0.15) is 0 Å². The standard InChI is InChI=1S/C16H26O4/c1-3-13-14(15(5-1)19-9-11-7-17-11)4-2-6-16(13)20-10-12-8-18-12/h11-16H,1-10H2. The van der Waals surface area contributed by atoms with E-state index in [4.69, 9.17) is 18.9 Å². The summed E-state index contributed by atoms with van der Waals surface area (Å²) in [4.78, 5) is 0. The zero-order valence-corrected chi connectivity index (χ0v) is 12.2. The molecule has 4 aliphatic rings. The van der Waals surface area contributed by atoms with Gasteiger partial charge >= 0.3 is 0 Å². The smallest absolute Gasteiger partial charge is 0.104 e. The third kappa shape index (κ3) is 3.19. The highest BCUT2D eigenvalue weighted by atomic mass is 16.6. The summed E-state index contributed by atoms with van der Waals surface area (Å²) < 4.78 is 22.8. The second-order valence-corrected chi connectivity index (χ2v) is 6.84. The lowest BCUT2D eigenvalue weighted by Crippen LogP contribution is -2.44. The van der Waals surface area contributed by atoms with Crippen LogP contribution in [0.5, 0.6) is 0 Å². The molecule has 2 saturated carbocycles. The summed E-state index contributed by atoms with van der Waals surface area (Å²) in [5.74, 6) is 1.42. The highest BCUT2D eigenvalue weighted by Gasteiger charge is 2.42. The predicted octanol–water partition coefficient (Wildman–Crippen LogP) is 2.15. The van der Waals surface area contributed by atoms with Gasteiger partial charge in [0.1, 0.15) is 12.2 Å². The van der Waals surface area contributed by atoms with Crippen molar-refractivity contribution < 1.29 is 18.9 Å². The molecule has 2 aliphatic heterocycles. The molecular formula is C16H26O4. The van der Waals surface area contributed by atoms with Crippen molar-refractivity contribution in [1.82, 2.24) is 0 Å². The normalized spacial score (nSPS) is 46.8. The largest absolute Gasteiger partial charge is 0.375 e. The van der Waals surface area contributed by atoms with Gasteiger partial charge in [0.25, 0.3) is 0 Å². The second kappa shape index (κ2) is 5.91. The van der Waals surface area contributed by atoms with Gasteiger partial charge in [0.15, 0.2) is 0 Å². The predicted molar refractivity (Wildman–Crippen MR) is 73.6 cm³/mol. The van der Waals surface area contributed by atoms with Crippen molar-refractivity contribution in [3.8, 4) is 0 Å². The zero-order chi connectivity index (χ0) is 13.4. The number of hydrogen-bond acceptors (Lipinski definition) is 4. The summed E-state index contributed by atoms with van der Waals surface area (Å²) in [7, 11) is 0. The van der Waals surface area contributed by atoms with Gasteiger partial charge in [-0.3, -0.25) is 0 Å². The molecule has 4 rings (SSSR count). The minimum Gasteiger partial charge on any atom is -0.375 e. The summed E-state index contributed by atoms with van der Waals surface area (Å²) in [6.45, 7) is 3.40. The first-order valence-electron chi connectivity index (χ1n) is 8.36. The van der Waals surface area contributed by atoms with Crippen molar-refractivity contribution >= 4 is 0 Å². The van der Waals surface area contributed by atoms with Gasteiger partial charge in [-0.1, -0.05) is 12.8 Å². The van der Waals surface area contributed by atoms with Crippen molar-refractivity contribution in [2.24, 2.45) is 11.8 Å². The molecule has 4 heteroatoms. The maximum atomic E-state index is 6.16. The van der Waals surface area contributed by atoms with Gasteiger partial charge in [0.2, 0.25) is 0 Å². The van der Waals surface area contributed by atoms with Gasteiger partial charge in [-0.15, -0.1) is 0 Å². The van der Waals surface area contributed by atoms with Gasteiger partial charge in [0.05, 0.1) is 38.6 Å². The van der Waals surface area contributed by atoms with Crippen molar-refractivity contribution in [2.75, 3.05) is 26.4 Å². The molecule has 0 N–H and O–H groups in total. The SMILES string of the molecule is C1CC(OCC2CO2)C2CCCC(OCC3CO3)C2C1. The molecule has 0 radical (unpaired) electrons. The Balaban J connectivity index is 1.33. The van der Waals surface area contributed by atoms with Gasteiger partial charge in [0, 0.05) is 0 Å². The Morgan fingerprint density at radius 1 is 0.700 bits per heavy atom. The fraction of sp³-hybridized carbons (Fsp3) is 1.00. The highest BCUT2D eigenvalue weighted by Crippen LogP contribution is 2.43. The van der Waals surface area contributed by atoms with E-state index in [-0.39, 0.29) is 0 Å². The van der Waals surface area contributed by atoms with E-state index in [1.807, 2.05) is 0 Å².